The van der Waals surface area contributed by atoms with Crippen LogP contribution in [0.15, 0.2) is 46.0 Å². The molecule has 22 heavy (non-hydrogen) atoms. The Kier molecular flexibility index (Phi) is 5.00. The Morgan fingerprint density at radius 2 is 2.05 bits per heavy atom. The lowest BCUT2D eigenvalue weighted by Gasteiger charge is -2.13. The zero-order chi connectivity index (χ0) is 16.1. The van der Waals surface area contributed by atoms with Gasteiger partial charge in [0.15, 0.2) is 0 Å². The van der Waals surface area contributed by atoms with Crippen LogP contribution in [0.3, 0.4) is 0 Å². The van der Waals surface area contributed by atoms with E-state index >= 15 is 0 Å². The number of carboxylic acid groups (broad SMARTS) is 1. The van der Waals surface area contributed by atoms with Crippen LogP contribution in [0.4, 0.5) is 5.69 Å². The van der Waals surface area contributed by atoms with Crippen molar-refractivity contribution in [1.82, 2.24) is 0 Å². The van der Waals surface area contributed by atoms with Gasteiger partial charge in [0.05, 0.1) is 24.6 Å². The molecule has 6 nitrogen and oxygen atoms in total. The highest BCUT2D eigenvalue weighted by atomic mass is 79.9. The van der Waals surface area contributed by atoms with Crippen molar-refractivity contribution in [2.24, 2.45) is 5.10 Å². The molecule has 0 fully saturated rings. The smallest absolute Gasteiger partial charge is 0.335 e. The SMILES string of the molecule is COc1cc(Br)c(/C=N\Nc2ccc(C(=O)O)cc2)cc1[O-]. The molecule has 0 amide bonds. The summed E-state index contributed by atoms with van der Waals surface area (Å²) in [6, 6.07) is 9.12. The average Bonchev–Trinajstić information content (AvgIpc) is 2.50. The first kappa shape index (κ1) is 15.8. The summed E-state index contributed by atoms with van der Waals surface area (Å²) in [7, 11) is 1.43. The highest BCUT2D eigenvalue weighted by Crippen LogP contribution is 2.29. The number of nitrogens with zero attached hydrogens (tertiary/aromatic N) is 1. The molecule has 7 heteroatoms. The Morgan fingerprint density at radius 3 is 2.64 bits per heavy atom. The number of halogens is 1. The van der Waals surface area contributed by atoms with Crippen molar-refractivity contribution in [3.8, 4) is 11.5 Å². The van der Waals surface area contributed by atoms with E-state index in [9.17, 15) is 9.90 Å². The van der Waals surface area contributed by atoms with E-state index in [0.29, 0.717) is 15.7 Å². The van der Waals surface area contributed by atoms with Crippen molar-refractivity contribution in [1.29, 1.82) is 0 Å². The van der Waals surface area contributed by atoms with E-state index in [2.05, 4.69) is 26.5 Å². The van der Waals surface area contributed by atoms with Crippen LogP contribution < -0.4 is 15.3 Å². The fraction of sp³-hybridized carbons (Fsp3) is 0.0667. The minimum atomic E-state index is -0.986. The quantitative estimate of drug-likeness (QED) is 0.629. The van der Waals surface area contributed by atoms with Gasteiger partial charge in [0.1, 0.15) is 5.75 Å². The van der Waals surface area contributed by atoms with Gasteiger partial charge in [0.2, 0.25) is 0 Å². The largest absolute Gasteiger partial charge is 0.870 e. The van der Waals surface area contributed by atoms with Crippen molar-refractivity contribution in [2.45, 2.75) is 0 Å². The number of carboxylic acids is 1. The van der Waals surface area contributed by atoms with Gasteiger partial charge in [-0.25, -0.2) is 4.79 Å². The first-order valence-corrected chi connectivity index (χ1v) is 6.97. The van der Waals surface area contributed by atoms with Crippen LogP contribution in [-0.2, 0) is 0 Å². The number of hydrazone groups is 1. The van der Waals surface area contributed by atoms with Crippen molar-refractivity contribution in [2.75, 3.05) is 12.5 Å². The van der Waals surface area contributed by atoms with E-state index in [1.807, 2.05) is 0 Å². The predicted molar refractivity (Wildman–Crippen MR) is 84.8 cm³/mol. The fourth-order valence-electron chi connectivity index (χ4n) is 1.67. The molecular formula is C15H12BrN2O4-. The Balaban J connectivity index is 2.09. The van der Waals surface area contributed by atoms with Gasteiger partial charge in [-0.1, -0.05) is 11.8 Å². The maximum absolute atomic E-state index is 11.7. The maximum Gasteiger partial charge on any atom is 0.335 e. The summed E-state index contributed by atoms with van der Waals surface area (Å²) >= 11 is 3.33. The van der Waals surface area contributed by atoms with Crippen molar-refractivity contribution in [3.05, 3.63) is 52.0 Å². The summed E-state index contributed by atoms with van der Waals surface area (Å²) in [5.41, 5.74) is 4.18. The van der Waals surface area contributed by atoms with Crippen LogP contribution in [0.1, 0.15) is 15.9 Å². The second-order valence-electron chi connectivity index (χ2n) is 4.28. The van der Waals surface area contributed by atoms with E-state index in [0.717, 1.165) is 0 Å². The lowest BCUT2D eigenvalue weighted by Crippen LogP contribution is -1.99. The zero-order valence-corrected chi connectivity index (χ0v) is 13.1. The minimum absolute atomic E-state index is 0.198. The van der Waals surface area contributed by atoms with Gasteiger partial charge in [0.25, 0.3) is 0 Å². The third-order valence-corrected chi connectivity index (χ3v) is 3.50. The third-order valence-electron chi connectivity index (χ3n) is 2.81. The van der Waals surface area contributed by atoms with Crippen LogP contribution in [0, 0.1) is 0 Å². The Hall–Kier alpha value is -2.54. The maximum atomic E-state index is 11.7. The molecule has 0 bridgehead atoms. The first-order valence-electron chi connectivity index (χ1n) is 6.18. The molecule has 0 atom stereocenters. The van der Waals surface area contributed by atoms with Crippen LogP contribution in [-0.4, -0.2) is 24.4 Å². The van der Waals surface area contributed by atoms with E-state index in [-0.39, 0.29) is 17.1 Å². The number of hydrogen-bond donors (Lipinski definition) is 2. The lowest BCUT2D eigenvalue weighted by atomic mass is 10.2. The Labute approximate surface area is 135 Å². The van der Waals surface area contributed by atoms with Gasteiger partial charge in [0, 0.05) is 10.0 Å². The molecular weight excluding hydrogens is 352 g/mol. The topological polar surface area (TPSA) is 94.0 Å². The Morgan fingerprint density at radius 1 is 1.36 bits per heavy atom. The molecule has 0 saturated carbocycles. The van der Waals surface area contributed by atoms with Crippen LogP contribution >= 0.6 is 15.9 Å². The Bertz CT molecular complexity index is 714. The summed E-state index contributed by atoms with van der Waals surface area (Å²) in [5.74, 6) is -0.973. The average molecular weight is 364 g/mol. The van der Waals surface area contributed by atoms with Crippen LogP contribution in [0.2, 0.25) is 0 Å². The number of anilines is 1. The number of benzene rings is 2. The highest BCUT2D eigenvalue weighted by molar-refractivity contribution is 9.10. The number of hydrogen-bond acceptors (Lipinski definition) is 5. The molecule has 0 saturated heterocycles. The molecule has 0 aliphatic rings. The summed E-state index contributed by atoms with van der Waals surface area (Å²) in [6.07, 6.45) is 1.48. The number of aromatic carboxylic acids is 1. The van der Waals surface area contributed by atoms with Gasteiger partial charge in [-0.05, 0) is 46.3 Å². The van der Waals surface area contributed by atoms with E-state index < -0.39 is 5.97 Å². The van der Waals surface area contributed by atoms with E-state index in [1.54, 1.807) is 18.2 Å². The lowest BCUT2D eigenvalue weighted by molar-refractivity contribution is -0.270. The van der Waals surface area contributed by atoms with Gasteiger partial charge in [-0.2, -0.15) is 5.10 Å². The molecule has 0 spiro atoms. The van der Waals surface area contributed by atoms with Gasteiger partial charge in [-0.15, -0.1) is 0 Å². The van der Waals surface area contributed by atoms with E-state index in [4.69, 9.17) is 9.84 Å². The molecule has 0 aliphatic heterocycles. The normalized spacial score (nSPS) is 10.6. The minimum Gasteiger partial charge on any atom is -0.870 e. The molecule has 2 aromatic carbocycles. The summed E-state index contributed by atoms with van der Waals surface area (Å²) in [5, 5.41) is 24.5. The molecule has 0 unspecified atom stereocenters. The second kappa shape index (κ2) is 6.95. The fourth-order valence-corrected chi connectivity index (χ4v) is 2.10. The van der Waals surface area contributed by atoms with Crippen molar-refractivity contribution in [3.63, 3.8) is 0 Å². The van der Waals surface area contributed by atoms with Crippen LogP contribution in [0.25, 0.3) is 0 Å². The van der Waals surface area contributed by atoms with Gasteiger partial charge in [-0.3, -0.25) is 5.43 Å². The first-order chi connectivity index (χ1) is 10.5. The molecule has 0 heterocycles. The molecule has 0 radical (unpaired) electrons. The molecule has 2 N–H and O–H groups in total. The van der Waals surface area contributed by atoms with Crippen molar-refractivity contribution >= 4 is 33.8 Å². The van der Waals surface area contributed by atoms with Gasteiger partial charge < -0.3 is 14.9 Å². The number of rotatable bonds is 5. The number of nitrogens with one attached hydrogen (secondary N) is 1. The molecule has 0 aromatic heterocycles. The highest BCUT2D eigenvalue weighted by Gasteiger charge is 2.02. The van der Waals surface area contributed by atoms with Crippen molar-refractivity contribution < 1.29 is 19.7 Å². The second-order valence-corrected chi connectivity index (χ2v) is 5.13. The number of ether oxygens (including phenoxy) is 1. The summed E-state index contributed by atoms with van der Waals surface area (Å²) < 4.78 is 5.61. The standard InChI is InChI=1S/C15H13BrN2O4/c1-22-14-7-12(16)10(6-13(14)19)8-17-18-11-4-2-9(3-5-11)15(20)21/h2-8,18-19H,1H3,(H,20,21)/p-1/b17-8-. The number of methoxy groups -OCH3 is 1. The predicted octanol–water partition coefficient (Wildman–Crippen LogP) is 2.68. The summed E-state index contributed by atoms with van der Waals surface area (Å²) in [4.78, 5) is 10.7. The third kappa shape index (κ3) is 3.76. The molecule has 2 aromatic rings. The molecule has 0 aliphatic carbocycles. The number of carbonyl (C=O) groups is 1. The zero-order valence-electron chi connectivity index (χ0n) is 11.5. The summed E-state index contributed by atoms with van der Waals surface area (Å²) in [6.45, 7) is 0. The van der Waals surface area contributed by atoms with Crippen LogP contribution in [0.5, 0.6) is 11.5 Å². The van der Waals surface area contributed by atoms with Gasteiger partial charge >= 0.3 is 5.97 Å². The monoisotopic (exact) mass is 363 g/mol. The molecule has 114 valence electrons. The molecule has 2 rings (SSSR count). The van der Waals surface area contributed by atoms with E-state index in [1.165, 1.54) is 31.5 Å².